The number of hydrogen-bond donors (Lipinski definition) is 2. The minimum absolute atomic E-state index is 0.0974. The van der Waals surface area contributed by atoms with E-state index < -0.39 is 0 Å². The van der Waals surface area contributed by atoms with Crippen LogP contribution in [0.1, 0.15) is 32.6 Å². The van der Waals surface area contributed by atoms with Crippen LogP contribution in [0.15, 0.2) is 0 Å². The summed E-state index contributed by atoms with van der Waals surface area (Å²) >= 11 is 0. The van der Waals surface area contributed by atoms with Gasteiger partial charge in [0.05, 0.1) is 0 Å². The Morgan fingerprint density at radius 1 is 1.56 bits per heavy atom. The molecule has 0 aromatic rings. The van der Waals surface area contributed by atoms with Crippen molar-refractivity contribution in [2.24, 2.45) is 17.6 Å². The van der Waals surface area contributed by atoms with Crippen LogP contribution in [0.5, 0.6) is 0 Å². The molecule has 1 fully saturated rings. The number of nitrogens with one attached hydrogen (secondary N) is 1. The molecule has 1 unspecified atom stereocenters. The highest BCUT2D eigenvalue weighted by atomic mass is 16.5. The van der Waals surface area contributed by atoms with Crippen LogP contribution in [0.4, 0.5) is 0 Å². The minimum Gasteiger partial charge on any atom is -0.381 e. The van der Waals surface area contributed by atoms with E-state index in [4.69, 9.17) is 10.5 Å². The van der Waals surface area contributed by atoms with Crippen LogP contribution in [-0.2, 0) is 9.53 Å². The van der Waals surface area contributed by atoms with Crippen LogP contribution in [0.2, 0.25) is 0 Å². The average molecular weight is 228 g/mol. The standard InChI is InChI=1S/C12H24N2O2/c1-10(8-13)7-12(15)14-5-2-6-16-9-11-3-4-11/h10-11H,2-9,13H2,1H3,(H,14,15). The van der Waals surface area contributed by atoms with Crippen molar-refractivity contribution in [3.05, 3.63) is 0 Å². The van der Waals surface area contributed by atoms with Crippen molar-refractivity contribution < 1.29 is 9.53 Å². The maximum atomic E-state index is 11.4. The Bertz CT molecular complexity index is 205. The third kappa shape index (κ3) is 6.80. The van der Waals surface area contributed by atoms with Crippen LogP contribution < -0.4 is 11.1 Å². The smallest absolute Gasteiger partial charge is 0.220 e. The minimum atomic E-state index is 0.0974. The summed E-state index contributed by atoms with van der Waals surface area (Å²) in [6.45, 7) is 4.92. The summed E-state index contributed by atoms with van der Waals surface area (Å²) in [7, 11) is 0. The van der Waals surface area contributed by atoms with Gasteiger partial charge >= 0.3 is 0 Å². The molecular formula is C12H24N2O2. The molecule has 0 saturated heterocycles. The molecule has 0 heterocycles. The molecule has 0 aromatic carbocycles. The van der Waals surface area contributed by atoms with Gasteiger partial charge in [-0.25, -0.2) is 0 Å². The van der Waals surface area contributed by atoms with Crippen molar-refractivity contribution in [1.29, 1.82) is 0 Å². The lowest BCUT2D eigenvalue weighted by molar-refractivity contribution is -0.121. The Kier molecular flexibility index (Phi) is 6.42. The zero-order chi connectivity index (χ0) is 11.8. The van der Waals surface area contributed by atoms with E-state index in [9.17, 15) is 4.79 Å². The molecule has 4 nitrogen and oxygen atoms in total. The van der Waals surface area contributed by atoms with Gasteiger partial charge in [0, 0.05) is 26.2 Å². The molecule has 1 saturated carbocycles. The van der Waals surface area contributed by atoms with Gasteiger partial charge in [-0.2, -0.15) is 0 Å². The van der Waals surface area contributed by atoms with Gasteiger partial charge in [0.1, 0.15) is 0 Å². The Hall–Kier alpha value is -0.610. The molecule has 0 aliphatic heterocycles. The Morgan fingerprint density at radius 2 is 2.31 bits per heavy atom. The molecule has 16 heavy (non-hydrogen) atoms. The van der Waals surface area contributed by atoms with Crippen molar-refractivity contribution in [2.45, 2.75) is 32.6 Å². The molecule has 1 aliphatic rings. The van der Waals surface area contributed by atoms with E-state index in [0.29, 0.717) is 19.5 Å². The Labute approximate surface area is 97.9 Å². The van der Waals surface area contributed by atoms with Gasteiger partial charge in [0.25, 0.3) is 0 Å². The molecule has 0 radical (unpaired) electrons. The lowest BCUT2D eigenvalue weighted by Crippen LogP contribution is -2.28. The normalized spacial score (nSPS) is 17.1. The van der Waals surface area contributed by atoms with Gasteiger partial charge in [-0.1, -0.05) is 6.92 Å². The molecular weight excluding hydrogens is 204 g/mol. The summed E-state index contributed by atoms with van der Waals surface area (Å²) in [5, 5.41) is 2.88. The fraction of sp³-hybridized carbons (Fsp3) is 0.917. The second kappa shape index (κ2) is 7.63. The SMILES string of the molecule is CC(CN)CC(=O)NCCCOCC1CC1. The van der Waals surface area contributed by atoms with Crippen LogP contribution in [0.25, 0.3) is 0 Å². The van der Waals surface area contributed by atoms with E-state index in [1.807, 2.05) is 6.92 Å². The number of carbonyl (C=O) groups excluding carboxylic acids is 1. The van der Waals surface area contributed by atoms with Crippen LogP contribution in [0, 0.1) is 11.8 Å². The van der Waals surface area contributed by atoms with E-state index >= 15 is 0 Å². The zero-order valence-electron chi connectivity index (χ0n) is 10.2. The number of hydrogen-bond acceptors (Lipinski definition) is 3. The van der Waals surface area contributed by atoms with Gasteiger partial charge in [0.2, 0.25) is 5.91 Å². The van der Waals surface area contributed by atoms with E-state index in [-0.39, 0.29) is 11.8 Å². The number of ether oxygens (including phenoxy) is 1. The molecule has 1 atom stereocenters. The molecule has 1 amide bonds. The maximum absolute atomic E-state index is 11.4. The van der Waals surface area contributed by atoms with Crippen molar-refractivity contribution >= 4 is 5.91 Å². The number of amides is 1. The summed E-state index contributed by atoms with van der Waals surface area (Å²) in [6, 6.07) is 0. The number of carbonyl (C=O) groups is 1. The molecule has 4 heteroatoms. The van der Waals surface area contributed by atoms with Crippen LogP contribution in [-0.4, -0.2) is 32.2 Å². The van der Waals surface area contributed by atoms with Crippen LogP contribution in [0.3, 0.4) is 0 Å². The summed E-state index contributed by atoms with van der Waals surface area (Å²) < 4.78 is 5.47. The third-order valence-electron chi connectivity index (χ3n) is 2.77. The van der Waals surface area contributed by atoms with E-state index in [1.54, 1.807) is 0 Å². The quantitative estimate of drug-likeness (QED) is 0.576. The molecule has 1 rings (SSSR count). The molecule has 3 N–H and O–H groups in total. The first-order valence-corrected chi connectivity index (χ1v) is 6.27. The highest BCUT2D eigenvalue weighted by Crippen LogP contribution is 2.28. The topological polar surface area (TPSA) is 64.4 Å². The predicted octanol–water partition coefficient (Wildman–Crippen LogP) is 0.904. The highest BCUT2D eigenvalue weighted by Gasteiger charge is 2.20. The molecule has 0 aromatic heterocycles. The Balaban J connectivity index is 1.83. The monoisotopic (exact) mass is 228 g/mol. The third-order valence-corrected chi connectivity index (χ3v) is 2.77. The summed E-state index contributed by atoms with van der Waals surface area (Å²) in [5.41, 5.74) is 5.45. The molecule has 94 valence electrons. The zero-order valence-corrected chi connectivity index (χ0v) is 10.2. The first-order valence-electron chi connectivity index (χ1n) is 6.27. The fourth-order valence-corrected chi connectivity index (χ4v) is 1.41. The van der Waals surface area contributed by atoms with Gasteiger partial charge in [0.15, 0.2) is 0 Å². The molecule has 0 bridgehead atoms. The van der Waals surface area contributed by atoms with E-state index in [0.717, 1.165) is 25.6 Å². The van der Waals surface area contributed by atoms with Gasteiger partial charge in [-0.15, -0.1) is 0 Å². The second-order valence-electron chi connectivity index (χ2n) is 4.77. The van der Waals surface area contributed by atoms with Crippen molar-refractivity contribution in [1.82, 2.24) is 5.32 Å². The summed E-state index contributed by atoms with van der Waals surface area (Å²) in [4.78, 5) is 11.4. The predicted molar refractivity (Wildman–Crippen MR) is 64.0 cm³/mol. The van der Waals surface area contributed by atoms with Crippen molar-refractivity contribution in [3.8, 4) is 0 Å². The summed E-state index contributed by atoms with van der Waals surface area (Å²) in [6.07, 6.45) is 4.08. The maximum Gasteiger partial charge on any atom is 0.220 e. The second-order valence-corrected chi connectivity index (χ2v) is 4.77. The number of rotatable bonds is 9. The lowest BCUT2D eigenvalue weighted by atomic mass is 10.1. The molecule has 1 aliphatic carbocycles. The lowest BCUT2D eigenvalue weighted by Gasteiger charge is -2.09. The van der Waals surface area contributed by atoms with Crippen molar-refractivity contribution in [2.75, 3.05) is 26.3 Å². The van der Waals surface area contributed by atoms with E-state index in [2.05, 4.69) is 5.32 Å². The summed E-state index contributed by atoms with van der Waals surface area (Å²) in [5.74, 6) is 1.19. The first kappa shape index (κ1) is 13.5. The van der Waals surface area contributed by atoms with E-state index in [1.165, 1.54) is 12.8 Å². The van der Waals surface area contributed by atoms with Crippen molar-refractivity contribution in [3.63, 3.8) is 0 Å². The first-order chi connectivity index (χ1) is 7.72. The van der Waals surface area contributed by atoms with Crippen LogP contribution >= 0.6 is 0 Å². The fourth-order valence-electron chi connectivity index (χ4n) is 1.41. The molecule has 0 spiro atoms. The largest absolute Gasteiger partial charge is 0.381 e. The van der Waals surface area contributed by atoms with Gasteiger partial charge < -0.3 is 15.8 Å². The average Bonchev–Trinajstić information content (AvgIpc) is 3.06. The Morgan fingerprint density at radius 3 is 2.94 bits per heavy atom. The number of nitrogens with two attached hydrogens (primary N) is 1. The van der Waals surface area contributed by atoms with Gasteiger partial charge in [-0.3, -0.25) is 4.79 Å². The van der Waals surface area contributed by atoms with Gasteiger partial charge in [-0.05, 0) is 37.6 Å². The highest BCUT2D eigenvalue weighted by molar-refractivity contribution is 5.76.